The van der Waals surface area contributed by atoms with Crippen molar-refractivity contribution in [3.05, 3.63) is 29.6 Å². The van der Waals surface area contributed by atoms with Crippen LogP contribution >= 0.6 is 0 Å². The van der Waals surface area contributed by atoms with Crippen molar-refractivity contribution >= 4 is 5.95 Å². The molecular weight excluding hydrogens is 216 g/mol. The highest BCUT2D eigenvalue weighted by Crippen LogP contribution is 2.16. The van der Waals surface area contributed by atoms with Gasteiger partial charge in [-0.2, -0.15) is 5.10 Å². The van der Waals surface area contributed by atoms with Gasteiger partial charge in [-0.15, -0.1) is 5.10 Å². The smallest absolute Gasteiger partial charge is 0.243 e. The minimum atomic E-state index is 0.330. The van der Waals surface area contributed by atoms with Crippen molar-refractivity contribution in [2.45, 2.75) is 32.9 Å². The number of hydrogen-bond donors (Lipinski definition) is 1. The summed E-state index contributed by atoms with van der Waals surface area (Å²) in [5.41, 5.74) is 3.04. The monoisotopic (exact) mass is 230 g/mol. The average Bonchev–Trinajstić information content (AvgIpc) is 2.84. The molecule has 3 rings (SSSR count). The Morgan fingerprint density at radius 1 is 1.29 bits per heavy atom. The van der Waals surface area contributed by atoms with E-state index in [2.05, 4.69) is 30.0 Å². The second kappa shape index (κ2) is 3.80. The molecule has 2 aromatic heterocycles. The Balaban J connectivity index is 1.72. The molecule has 0 spiro atoms. The zero-order valence-corrected chi connectivity index (χ0v) is 9.88. The first kappa shape index (κ1) is 10.2. The maximum Gasteiger partial charge on any atom is 0.243 e. The van der Waals surface area contributed by atoms with E-state index in [1.807, 2.05) is 26.4 Å². The van der Waals surface area contributed by atoms with Gasteiger partial charge < -0.3 is 9.88 Å². The molecule has 0 aromatic carbocycles. The van der Waals surface area contributed by atoms with Gasteiger partial charge in [-0.3, -0.25) is 0 Å². The van der Waals surface area contributed by atoms with Gasteiger partial charge in [0.05, 0.1) is 23.8 Å². The lowest BCUT2D eigenvalue weighted by molar-refractivity contribution is 0.662. The molecule has 0 aliphatic carbocycles. The summed E-state index contributed by atoms with van der Waals surface area (Å²) in [5, 5.41) is 11.4. The van der Waals surface area contributed by atoms with Gasteiger partial charge in [0, 0.05) is 24.9 Å². The zero-order valence-electron chi connectivity index (χ0n) is 9.88. The molecule has 1 atom stereocenters. The number of anilines is 1. The highest BCUT2D eigenvalue weighted by atomic mass is 15.3. The summed E-state index contributed by atoms with van der Waals surface area (Å²) in [4.78, 5) is 8.48. The first-order valence-corrected chi connectivity index (χ1v) is 5.66. The van der Waals surface area contributed by atoms with Gasteiger partial charge in [0.1, 0.15) is 0 Å². The van der Waals surface area contributed by atoms with Crippen molar-refractivity contribution < 1.29 is 0 Å². The molecule has 0 saturated carbocycles. The Morgan fingerprint density at radius 2 is 2.18 bits per heavy atom. The predicted molar refractivity (Wildman–Crippen MR) is 62.6 cm³/mol. The Bertz CT molecular complexity index is 526. The Hall–Kier alpha value is -1.98. The van der Waals surface area contributed by atoms with Crippen molar-refractivity contribution in [3.63, 3.8) is 0 Å². The molecule has 17 heavy (non-hydrogen) atoms. The lowest BCUT2D eigenvalue weighted by Gasteiger charge is -2.11. The van der Waals surface area contributed by atoms with Crippen LogP contribution in [-0.4, -0.2) is 30.8 Å². The molecule has 88 valence electrons. The van der Waals surface area contributed by atoms with Crippen LogP contribution in [0, 0.1) is 13.8 Å². The number of aromatic nitrogens is 5. The Labute approximate surface area is 99.1 Å². The van der Waals surface area contributed by atoms with E-state index in [0.29, 0.717) is 12.0 Å². The molecule has 2 aromatic rings. The maximum atomic E-state index is 4.37. The second-order valence-electron chi connectivity index (χ2n) is 4.39. The van der Waals surface area contributed by atoms with Gasteiger partial charge in [-0.1, -0.05) is 0 Å². The van der Waals surface area contributed by atoms with E-state index < -0.39 is 0 Å². The summed E-state index contributed by atoms with van der Waals surface area (Å²) in [6.07, 6.45) is 4.72. The lowest BCUT2D eigenvalue weighted by atomic mass is 10.2. The van der Waals surface area contributed by atoms with Crippen molar-refractivity contribution in [1.29, 1.82) is 0 Å². The summed E-state index contributed by atoms with van der Waals surface area (Å²) < 4.78 is 2.14. The van der Waals surface area contributed by atoms with Gasteiger partial charge in [-0.05, 0) is 13.8 Å². The topological polar surface area (TPSA) is 68.5 Å². The number of fused-ring (bicyclic) bond motifs is 1. The van der Waals surface area contributed by atoms with Gasteiger partial charge in [-0.25, -0.2) is 9.97 Å². The highest BCUT2D eigenvalue weighted by molar-refractivity contribution is 5.28. The third kappa shape index (κ3) is 1.86. The molecule has 3 heterocycles. The number of imidazole rings is 1. The fraction of sp³-hybridized carbons (Fsp3) is 0.455. The largest absolute Gasteiger partial charge is 0.348 e. The summed E-state index contributed by atoms with van der Waals surface area (Å²) in [6.45, 7) is 4.76. The van der Waals surface area contributed by atoms with E-state index >= 15 is 0 Å². The molecule has 0 saturated heterocycles. The van der Waals surface area contributed by atoms with Crippen molar-refractivity contribution in [3.8, 4) is 0 Å². The van der Waals surface area contributed by atoms with E-state index in [-0.39, 0.29) is 0 Å². The molecule has 0 fully saturated rings. The summed E-state index contributed by atoms with van der Waals surface area (Å²) in [7, 11) is 0. The van der Waals surface area contributed by atoms with Crippen LogP contribution in [-0.2, 0) is 13.0 Å². The molecule has 1 aliphatic rings. The zero-order chi connectivity index (χ0) is 11.8. The van der Waals surface area contributed by atoms with E-state index in [4.69, 9.17) is 0 Å². The van der Waals surface area contributed by atoms with E-state index in [9.17, 15) is 0 Å². The van der Waals surface area contributed by atoms with Crippen LogP contribution in [0.1, 0.15) is 17.1 Å². The van der Waals surface area contributed by atoms with Crippen LogP contribution < -0.4 is 5.32 Å². The fourth-order valence-corrected chi connectivity index (χ4v) is 2.03. The van der Waals surface area contributed by atoms with Crippen LogP contribution in [0.15, 0.2) is 12.5 Å². The number of hydrogen-bond acceptors (Lipinski definition) is 5. The molecule has 1 N–H and O–H groups in total. The van der Waals surface area contributed by atoms with Crippen LogP contribution in [0.3, 0.4) is 0 Å². The standard InChI is InChI=1S/C11H14N6/c1-7-8(2)15-16-11(13-7)14-9-3-10-4-12-6-17(10)5-9/h4,6,9H,3,5H2,1-2H3,(H,13,14,16). The normalized spacial score (nSPS) is 18.1. The molecule has 1 unspecified atom stereocenters. The first-order valence-electron chi connectivity index (χ1n) is 5.66. The van der Waals surface area contributed by atoms with E-state index in [1.54, 1.807) is 0 Å². The first-order chi connectivity index (χ1) is 8.22. The van der Waals surface area contributed by atoms with E-state index in [1.165, 1.54) is 5.69 Å². The van der Waals surface area contributed by atoms with Gasteiger partial charge in [0.2, 0.25) is 5.95 Å². The van der Waals surface area contributed by atoms with Gasteiger partial charge >= 0.3 is 0 Å². The maximum absolute atomic E-state index is 4.37. The van der Waals surface area contributed by atoms with Gasteiger partial charge in [0.15, 0.2) is 0 Å². The van der Waals surface area contributed by atoms with Crippen molar-refractivity contribution in [2.75, 3.05) is 5.32 Å². The number of rotatable bonds is 2. The van der Waals surface area contributed by atoms with Crippen LogP contribution in [0.4, 0.5) is 5.95 Å². The Kier molecular flexibility index (Phi) is 2.28. The third-order valence-electron chi connectivity index (χ3n) is 3.10. The molecule has 6 heteroatoms. The van der Waals surface area contributed by atoms with Crippen LogP contribution in [0.5, 0.6) is 0 Å². The molecule has 0 bridgehead atoms. The average molecular weight is 230 g/mol. The molecular formula is C11H14N6. The summed E-state index contributed by atoms with van der Waals surface area (Å²) in [5.74, 6) is 0.608. The fourth-order valence-electron chi connectivity index (χ4n) is 2.03. The third-order valence-corrected chi connectivity index (χ3v) is 3.10. The second-order valence-corrected chi connectivity index (χ2v) is 4.39. The number of nitrogens with zero attached hydrogens (tertiary/aromatic N) is 5. The van der Waals surface area contributed by atoms with Crippen molar-refractivity contribution in [2.24, 2.45) is 0 Å². The molecule has 0 radical (unpaired) electrons. The molecule has 1 aliphatic heterocycles. The van der Waals surface area contributed by atoms with E-state index in [0.717, 1.165) is 24.4 Å². The minimum Gasteiger partial charge on any atom is -0.348 e. The van der Waals surface area contributed by atoms with Crippen LogP contribution in [0.2, 0.25) is 0 Å². The number of nitrogens with one attached hydrogen (secondary N) is 1. The van der Waals surface area contributed by atoms with Gasteiger partial charge in [0.25, 0.3) is 0 Å². The highest BCUT2D eigenvalue weighted by Gasteiger charge is 2.21. The quantitative estimate of drug-likeness (QED) is 0.823. The number of aryl methyl sites for hydroxylation is 2. The molecule has 0 amide bonds. The minimum absolute atomic E-state index is 0.330. The Morgan fingerprint density at radius 3 is 2.94 bits per heavy atom. The predicted octanol–water partition coefficient (Wildman–Crippen LogP) is 0.722. The SMILES string of the molecule is Cc1nnc(NC2Cc3cncn3C2)nc1C. The molecule has 6 nitrogen and oxygen atoms in total. The van der Waals surface area contributed by atoms with Crippen LogP contribution in [0.25, 0.3) is 0 Å². The lowest BCUT2D eigenvalue weighted by Crippen LogP contribution is -2.23. The summed E-state index contributed by atoms with van der Waals surface area (Å²) in [6, 6.07) is 0.330. The summed E-state index contributed by atoms with van der Waals surface area (Å²) >= 11 is 0. The van der Waals surface area contributed by atoms with Crippen molar-refractivity contribution in [1.82, 2.24) is 24.7 Å².